The Morgan fingerprint density at radius 2 is 1.71 bits per heavy atom. The Morgan fingerprint density at radius 1 is 0.929 bits per heavy atom. The number of allylic oxidation sites excluding steroid dienone is 4. The van der Waals surface area contributed by atoms with Gasteiger partial charge < -0.3 is 0 Å². The summed E-state index contributed by atoms with van der Waals surface area (Å²) in [6.45, 7) is 15.1. The van der Waals surface area contributed by atoms with Gasteiger partial charge >= 0.3 is 0 Å². The highest BCUT2D eigenvalue weighted by Gasteiger charge is 2.56. The third-order valence-corrected chi connectivity index (χ3v) is 10.0. The number of hydrogen-bond donors (Lipinski definition) is 0. The molecule has 0 N–H and O–H groups in total. The first-order valence-corrected chi connectivity index (χ1v) is 12.7. The third-order valence-electron chi connectivity index (χ3n) is 10.0. The normalized spacial score (nSPS) is 43.7. The highest BCUT2D eigenvalue weighted by molar-refractivity contribution is 5.38. The van der Waals surface area contributed by atoms with Gasteiger partial charge in [0.25, 0.3) is 0 Å². The summed E-state index contributed by atoms with van der Waals surface area (Å²) in [5, 5.41) is 0. The van der Waals surface area contributed by atoms with E-state index in [0.717, 1.165) is 35.5 Å². The molecule has 0 aliphatic heterocycles. The zero-order valence-corrected chi connectivity index (χ0v) is 19.7. The van der Waals surface area contributed by atoms with Crippen LogP contribution in [0.25, 0.3) is 0 Å². The van der Waals surface area contributed by atoms with Gasteiger partial charge in [-0.1, -0.05) is 84.1 Å². The Bertz CT molecular complexity index is 636. The molecule has 3 fully saturated rings. The predicted molar refractivity (Wildman–Crippen MR) is 122 cm³/mol. The summed E-state index contributed by atoms with van der Waals surface area (Å²) in [7, 11) is 0. The van der Waals surface area contributed by atoms with Gasteiger partial charge in [0.1, 0.15) is 0 Å². The van der Waals surface area contributed by atoms with Crippen LogP contribution in [0.5, 0.6) is 0 Å². The molecule has 0 spiro atoms. The summed E-state index contributed by atoms with van der Waals surface area (Å²) in [5.41, 5.74) is 4.73. The Labute approximate surface area is 175 Å². The van der Waals surface area contributed by atoms with Crippen molar-refractivity contribution in [2.24, 2.45) is 46.3 Å². The van der Waals surface area contributed by atoms with Crippen LogP contribution in [-0.4, -0.2) is 0 Å². The second kappa shape index (κ2) is 7.63. The molecule has 0 aromatic carbocycles. The molecule has 4 aliphatic carbocycles. The lowest BCUT2D eigenvalue weighted by Gasteiger charge is -2.55. The highest BCUT2D eigenvalue weighted by Crippen LogP contribution is 2.66. The first-order chi connectivity index (χ1) is 13.3. The average molecular weight is 383 g/mol. The van der Waals surface area contributed by atoms with Crippen LogP contribution < -0.4 is 0 Å². The van der Waals surface area contributed by atoms with E-state index in [1.54, 1.807) is 5.57 Å². The fraction of sp³-hybridized carbons (Fsp3) is 0.857. The SMILES string of the molecule is CC(C)CCC[C@@H](C)C1CC[C@H]2C3=CC=C4C[C@@H](C)CCC4(C)C3CC[C@]12C. The average Bonchev–Trinajstić information content (AvgIpc) is 2.99. The fourth-order valence-electron chi connectivity index (χ4n) is 8.21. The molecule has 0 bridgehead atoms. The van der Waals surface area contributed by atoms with Crippen molar-refractivity contribution in [3.8, 4) is 0 Å². The quantitative estimate of drug-likeness (QED) is 0.446. The van der Waals surface area contributed by atoms with Crippen molar-refractivity contribution in [3.05, 3.63) is 23.3 Å². The molecule has 0 aromatic rings. The summed E-state index contributed by atoms with van der Waals surface area (Å²) in [6.07, 6.45) is 19.6. The van der Waals surface area contributed by atoms with Crippen molar-refractivity contribution in [2.75, 3.05) is 0 Å². The first-order valence-electron chi connectivity index (χ1n) is 12.7. The van der Waals surface area contributed by atoms with E-state index >= 15 is 0 Å². The Kier molecular flexibility index (Phi) is 5.65. The molecule has 0 saturated heterocycles. The van der Waals surface area contributed by atoms with Crippen LogP contribution in [0.1, 0.15) is 106 Å². The van der Waals surface area contributed by atoms with Gasteiger partial charge in [-0.25, -0.2) is 0 Å². The van der Waals surface area contributed by atoms with Gasteiger partial charge in [0.05, 0.1) is 0 Å². The Morgan fingerprint density at radius 3 is 2.46 bits per heavy atom. The van der Waals surface area contributed by atoms with Crippen molar-refractivity contribution < 1.29 is 0 Å². The molecule has 7 atom stereocenters. The number of fused-ring (bicyclic) bond motifs is 5. The summed E-state index contributed by atoms with van der Waals surface area (Å²) >= 11 is 0. The number of hydrogen-bond acceptors (Lipinski definition) is 0. The zero-order chi connectivity index (χ0) is 20.1. The van der Waals surface area contributed by atoms with E-state index in [4.69, 9.17) is 0 Å². The highest BCUT2D eigenvalue weighted by atomic mass is 14.6. The Hall–Kier alpha value is -0.520. The molecule has 28 heavy (non-hydrogen) atoms. The van der Waals surface area contributed by atoms with E-state index in [0.29, 0.717) is 10.8 Å². The van der Waals surface area contributed by atoms with Crippen molar-refractivity contribution in [1.82, 2.24) is 0 Å². The van der Waals surface area contributed by atoms with Crippen LogP contribution in [0.4, 0.5) is 0 Å². The maximum absolute atomic E-state index is 2.69. The minimum Gasteiger partial charge on any atom is -0.0634 e. The summed E-state index contributed by atoms with van der Waals surface area (Å²) in [5.74, 6) is 5.35. The minimum absolute atomic E-state index is 0.485. The molecule has 3 saturated carbocycles. The van der Waals surface area contributed by atoms with Gasteiger partial charge in [0, 0.05) is 0 Å². The standard InChI is InChI=1S/C28H46/c1-19(2)8-7-9-21(4)24-12-13-25-23-11-10-22-18-20(3)14-16-27(22,5)26(23)15-17-28(24,25)6/h10-11,19-21,24-26H,7-9,12-18H2,1-6H3/t20-,21+,24?,25-,26?,27?,28+/m0/s1. The Balaban J connectivity index is 1.53. The lowest BCUT2D eigenvalue weighted by molar-refractivity contribution is 0.0447. The smallest absolute Gasteiger partial charge is 0.00474 e. The van der Waals surface area contributed by atoms with Gasteiger partial charge in [-0.3, -0.25) is 0 Å². The van der Waals surface area contributed by atoms with Gasteiger partial charge in [0.2, 0.25) is 0 Å². The molecule has 0 amide bonds. The maximum atomic E-state index is 2.69. The maximum Gasteiger partial charge on any atom is -0.00474 e. The summed E-state index contributed by atoms with van der Waals surface area (Å²) in [4.78, 5) is 0. The molecule has 0 heteroatoms. The molecule has 158 valence electrons. The van der Waals surface area contributed by atoms with Crippen LogP contribution in [0, 0.1) is 46.3 Å². The van der Waals surface area contributed by atoms with Crippen molar-refractivity contribution in [1.29, 1.82) is 0 Å². The largest absolute Gasteiger partial charge is 0.0634 e. The van der Waals surface area contributed by atoms with E-state index in [2.05, 4.69) is 53.7 Å². The molecule has 0 nitrogen and oxygen atoms in total. The third kappa shape index (κ3) is 3.35. The fourth-order valence-corrected chi connectivity index (χ4v) is 8.21. The van der Waals surface area contributed by atoms with Gasteiger partial charge in [-0.05, 0) is 91.3 Å². The van der Waals surface area contributed by atoms with Gasteiger partial charge in [-0.2, -0.15) is 0 Å². The molecule has 0 aromatic heterocycles. The first kappa shape index (κ1) is 20.7. The molecule has 4 rings (SSSR count). The number of rotatable bonds is 5. The molecule has 3 unspecified atom stereocenters. The second-order valence-corrected chi connectivity index (χ2v) is 12.3. The molecular formula is C28H46. The van der Waals surface area contributed by atoms with E-state index in [9.17, 15) is 0 Å². The van der Waals surface area contributed by atoms with Gasteiger partial charge in [-0.15, -0.1) is 0 Å². The van der Waals surface area contributed by atoms with Crippen molar-refractivity contribution >= 4 is 0 Å². The summed E-state index contributed by atoms with van der Waals surface area (Å²) in [6, 6.07) is 0. The van der Waals surface area contributed by atoms with E-state index in [-0.39, 0.29) is 0 Å². The summed E-state index contributed by atoms with van der Waals surface area (Å²) < 4.78 is 0. The van der Waals surface area contributed by atoms with Gasteiger partial charge in [0.15, 0.2) is 0 Å². The zero-order valence-electron chi connectivity index (χ0n) is 19.7. The lowest BCUT2D eigenvalue weighted by Crippen LogP contribution is -2.46. The monoisotopic (exact) mass is 382 g/mol. The van der Waals surface area contributed by atoms with E-state index in [1.165, 1.54) is 64.2 Å². The topological polar surface area (TPSA) is 0 Å². The van der Waals surface area contributed by atoms with Crippen LogP contribution >= 0.6 is 0 Å². The second-order valence-electron chi connectivity index (χ2n) is 12.3. The van der Waals surface area contributed by atoms with E-state index < -0.39 is 0 Å². The van der Waals surface area contributed by atoms with E-state index in [1.807, 2.05) is 5.57 Å². The van der Waals surface area contributed by atoms with Crippen molar-refractivity contribution in [3.63, 3.8) is 0 Å². The lowest BCUT2D eigenvalue weighted by atomic mass is 9.49. The van der Waals surface area contributed by atoms with Crippen LogP contribution in [0.3, 0.4) is 0 Å². The van der Waals surface area contributed by atoms with Crippen LogP contribution in [0.15, 0.2) is 23.3 Å². The molecular weight excluding hydrogens is 336 g/mol. The molecule has 0 heterocycles. The van der Waals surface area contributed by atoms with Crippen LogP contribution in [0.2, 0.25) is 0 Å². The predicted octanol–water partition coefficient (Wildman–Crippen LogP) is 8.58. The van der Waals surface area contributed by atoms with Crippen LogP contribution in [-0.2, 0) is 0 Å². The molecule has 4 aliphatic rings. The molecule has 0 radical (unpaired) electrons. The van der Waals surface area contributed by atoms with Crippen molar-refractivity contribution in [2.45, 2.75) is 106 Å². The minimum atomic E-state index is 0.485.